The molecule has 0 fully saturated rings. The fourth-order valence-corrected chi connectivity index (χ4v) is 2.40. The molecule has 1 aromatic carbocycles. The molecule has 18 heavy (non-hydrogen) atoms. The summed E-state index contributed by atoms with van der Waals surface area (Å²) in [5.41, 5.74) is 7.02. The number of nitrogens with two attached hydrogens (primary N) is 1. The minimum Gasteiger partial charge on any atom is -0.326 e. The predicted octanol–water partition coefficient (Wildman–Crippen LogP) is 3.34. The fraction of sp³-hybridized carbons (Fsp3) is 0.600. The quantitative estimate of drug-likeness (QED) is 0.754. The first-order valence-electron chi connectivity index (χ1n) is 6.77. The molecule has 2 atom stereocenters. The van der Waals surface area contributed by atoms with Crippen molar-refractivity contribution in [3.8, 4) is 0 Å². The van der Waals surface area contributed by atoms with Gasteiger partial charge in [-0.3, -0.25) is 4.90 Å². The van der Waals surface area contributed by atoms with E-state index in [1.165, 1.54) is 18.9 Å². The van der Waals surface area contributed by atoms with Gasteiger partial charge in [0.15, 0.2) is 0 Å². The van der Waals surface area contributed by atoms with Gasteiger partial charge in [0.25, 0.3) is 0 Å². The van der Waals surface area contributed by atoms with Gasteiger partial charge in [0.2, 0.25) is 0 Å². The van der Waals surface area contributed by atoms with E-state index in [2.05, 4.69) is 18.9 Å². The van der Waals surface area contributed by atoms with Crippen molar-refractivity contribution in [3.63, 3.8) is 0 Å². The Balaban J connectivity index is 2.76. The molecule has 102 valence electrons. The van der Waals surface area contributed by atoms with Crippen molar-refractivity contribution in [2.75, 3.05) is 13.6 Å². The van der Waals surface area contributed by atoms with E-state index >= 15 is 0 Å². The molecule has 0 aromatic heterocycles. The van der Waals surface area contributed by atoms with Crippen molar-refractivity contribution in [2.45, 2.75) is 45.2 Å². The van der Waals surface area contributed by atoms with Gasteiger partial charge in [0, 0.05) is 12.1 Å². The number of rotatable bonds is 7. The van der Waals surface area contributed by atoms with Gasteiger partial charge in [-0.05, 0) is 44.6 Å². The van der Waals surface area contributed by atoms with Gasteiger partial charge in [-0.2, -0.15) is 0 Å². The summed E-state index contributed by atoms with van der Waals surface area (Å²) in [4.78, 5) is 2.23. The van der Waals surface area contributed by atoms with E-state index in [1.54, 1.807) is 12.1 Å². The largest absolute Gasteiger partial charge is 0.326 e. The van der Waals surface area contributed by atoms with Crippen LogP contribution in [0.2, 0.25) is 0 Å². The second-order valence-electron chi connectivity index (χ2n) is 5.05. The lowest BCUT2D eigenvalue weighted by Gasteiger charge is -2.31. The predicted molar refractivity (Wildman–Crippen MR) is 74.9 cm³/mol. The molecule has 1 rings (SSSR count). The summed E-state index contributed by atoms with van der Waals surface area (Å²) in [6.07, 6.45) is 3.58. The standard InChI is InChI=1S/C15H25FN2/c1-4-5-6-10-18(3)15(12(2)17)13-8-7-9-14(16)11-13/h7-9,11-12,15H,4-6,10,17H2,1-3H3. The maximum Gasteiger partial charge on any atom is 0.123 e. The Labute approximate surface area is 110 Å². The summed E-state index contributed by atoms with van der Waals surface area (Å²) in [6, 6.07) is 6.83. The van der Waals surface area contributed by atoms with Gasteiger partial charge in [-0.1, -0.05) is 31.9 Å². The molecule has 0 aliphatic heterocycles. The number of unbranched alkanes of at least 4 members (excludes halogenated alkanes) is 2. The first kappa shape index (κ1) is 15.1. The zero-order valence-corrected chi connectivity index (χ0v) is 11.7. The summed E-state index contributed by atoms with van der Waals surface area (Å²) in [7, 11) is 2.06. The van der Waals surface area contributed by atoms with Crippen LogP contribution < -0.4 is 5.73 Å². The zero-order chi connectivity index (χ0) is 13.5. The summed E-state index contributed by atoms with van der Waals surface area (Å²) < 4.78 is 13.3. The van der Waals surface area contributed by atoms with Crippen molar-refractivity contribution in [2.24, 2.45) is 5.73 Å². The molecule has 0 aliphatic rings. The highest BCUT2D eigenvalue weighted by Gasteiger charge is 2.21. The molecule has 0 saturated carbocycles. The number of benzene rings is 1. The molecule has 0 bridgehead atoms. The van der Waals surface area contributed by atoms with Crippen LogP contribution in [0.15, 0.2) is 24.3 Å². The molecule has 0 heterocycles. The van der Waals surface area contributed by atoms with Gasteiger partial charge in [0.05, 0.1) is 0 Å². The SMILES string of the molecule is CCCCCN(C)C(c1cccc(F)c1)C(C)N. The van der Waals surface area contributed by atoms with Crippen LogP contribution in [-0.4, -0.2) is 24.5 Å². The van der Waals surface area contributed by atoms with Crippen LogP contribution in [-0.2, 0) is 0 Å². The average molecular weight is 252 g/mol. The van der Waals surface area contributed by atoms with E-state index < -0.39 is 0 Å². The van der Waals surface area contributed by atoms with Crippen molar-refractivity contribution < 1.29 is 4.39 Å². The first-order chi connectivity index (χ1) is 8.56. The molecule has 1 aromatic rings. The fourth-order valence-electron chi connectivity index (χ4n) is 2.40. The monoisotopic (exact) mass is 252 g/mol. The lowest BCUT2D eigenvalue weighted by atomic mass is 9.99. The minimum atomic E-state index is -0.194. The molecule has 0 spiro atoms. The number of likely N-dealkylation sites (N-methyl/N-ethyl adjacent to an activating group) is 1. The normalized spacial score (nSPS) is 14.8. The van der Waals surface area contributed by atoms with Crippen LogP contribution in [0.5, 0.6) is 0 Å². The second-order valence-corrected chi connectivity index (χ2v) is 5.05. The average Bonchev–Trinajstić information content (AvgIpc) is 2.29. The Hall–Kier alpha value is -0.930. The molecule has 2 nitrogen and oxygen atoms in total. The van der Waals surface area contributed by atoms with E-state index in [0.29, 0.717) is 0 Å². The van der Waals surface area contributed by atoms with Gasteiger partial charge in [-0.25, -0.2) is 4.39 Å². The van der Waals surface area contributed by atoms with Crippen LogP contribution in [0.3, 0.4) is 0 Å². The van der Waals surface area contributed by atoms with Gasteiger partial charge in [-0.15, -0.1) is 0 Å². The van der Waals surface area contributed by atoms with Crippen LogP contribution in [0, 0.1) is 5.82 Å². The molecule has 3 heteroatoms. The molecular weight excluding hydrogens is 227 g/mol. The number of halogens is 1. The molecule has 0 amide bonds. The van der Waals surface area contributed by atoms with E-state index in [9.17, 15) is 4.39 Å². The maximum atomic E-state index is 13.3. The maximum absolute atomic E-state index is 13.3. The lowest BCUT2D eigenvalue weighted by molar-refractivity contribution is 0.214. The van der Waals surface area contributed by atoms with Crippen LogP contribution in [0.4, 0.5) is 4.39 Å². The van der Waals surface area contributed by atoms with Crippen molar-refractivity contribution >= 4 is 0 Å². The highest BCUT2D eigenvalue weighted by Crippen LogP contribution is 2.23. The third-order valence-corrected chi connectivity index (χ3v) is 3.28. The van der Waals surface area contributed by atoms with E-state index in [1.807, 2.05) is 13.0 Å². The third-order valence-electron chi connectivity index (χ3n) is 3.28. The highest BCUT2D eigenvalue weighted by molar-refractivity contribution is 5.21. The first-order valence-corrected chi connectivity index (χ1v) is 6.77. The number of hydrogen-bond donors (Lipinski definition) is 1. The van der Waals surface area contributed by atoms with E-state index in [4.69, 9.17) is 5.73 Å². The Morgan fingerprint density at radius 1 is 1.33 bits per heavy atom. The smallest absolute Gasteiger partial charge is 0.123 e. The van der Waals surface area contributed by atoms with Crippen LogP contribution in [0.1, 0.15) is 44.7 Å². The molecule has 0 saturated heterocycles. The summed E-state index contributed by atoms with van der Waals surface area (Å²) >= 11 is 0. The molecule has 2 N–H and O–H groups in total. The van der Waals surface area contributed by atoms with Crippen LogP contribution in [0.25, 0.3) is 0 Å². The molecule has 0 radical (unpaired) electrons. The van der Waals surface area contributed by atoms with Gasteiger partial charge >= 0.3 is 0 Å². The number of nitrogens with zero attached hydrogens (tertiary/aromatic N) is 1. The number of hydrogen-bond acceptors (Lipinski definition) is 2. The molecular formula is C15H25FN2. The second kappa shape index (κ2) is 7.49. The van der Waals surface area contributed by atoms with Gasteiger partial charge in [0.1, 0.15) is 5.82 Å². The Morgan fingerprint density at radius 3 is 2.61 bits per heavy atom. The third kappa shape index (κ3) is 4.39. The van der Waals surface area contributed by atoms with Crippen molar-refractivity contribution in [1.29, 1.82) is 0 Å². The molecule has 2 unspecified atom stereocenters. The Morgan fingerprint density at radius 2 is 2.06 bits per heavy atom. The summed E-state index contributed by atoms with van der Waals surface area (Å²) in [6.45, 7) is 5.16. The molecule has 0 aliphatic carbocycles. The van der Waals surface area contributed by atoms with Crippen molar-refractivity contribution in [3.05, 3.63) is 35.6 Å². The Kier molecular flexibility index (Phi) is 6.30. The highest BCUT2D eigenvalue weighted by atomic mass is 19.1. The van der Waals surface area contributed by atoms with Crippen molar-refractivity contribution in [1.82, 2.24) is 4.90 Å². The summed E-state index contributed by atoms with van der Waals surface area (Å²) in [5, 5.41) is 0. The van der Waals surface area contributed by atoms with E-state index in [0.717, 1.165) is 18.5 Å². The van der Waals surface area contributed by atoms with Crippen LogP contribution >= 0.6 is 0 Å². The summed E-state index contributed by atoms with van der Waals surface area (Å²) in [5.74, 6) is -0.194. The Bertz CT molecular complexity index is 352. The van der Waals surface area contributed by atoms with E-state index in [-0.39, 0.29) is 17.9 Å². The topological polar surface area (TPSA) is 29.3 Å². The minimum absolute atomic E-state index is 0.0153. The van der Waals surface area contributed by atoms with Gasteiger partial charge < -0.3 is 5.73 Å². The lowest BCUT2D eigenvalue weighted by Crippen LogP contribution is -2.37. The zero-order valence-electron chi connectivity index (χ0n) is 11.7.